The Balaban J connectivity index is 4.33. The molecule has 2 N–H and O–H groups in total. The van der Waals surface area contributed by atoms with Crippen LogP contribution < -0.4 is 5.43 Å². The summed E-state index contributed by atoms with van der Waals surface area (Å²) in [5.74, 6) is -1.02. The molecule has 0 atom stereocenters. The van der Waals surface area contributed by atoms with Crippen molar-refractivity contribution in [1.82, 2.24) is 15.3 Å². The van der Waals surface area contributed by atoms with E-state index in [1.165, 1.54) is 9.91 Å². The molecule has 2 amide bonds. The smallest absolute Gasteiger partial charge is 0.332 e. The maximum Gasteiger partial charge on any atom is 0.332 e. The molecule has 0 saturated heterocycles. The van der Waals surface area contributed by atoms with Crippen LogP contribution in [0.2, 0.25) is 0 Å². The van der Waals surface area contributed by atoms with Gasteiger partial charge in [0.1, 0.15) is 6.54 Å². The molecule has 6 nitrogen and oxygen atoms in total. The summed E-state index contributed by atoms with van der Waals surface area (Å²) in [6, 6.07) is -0.557. The number of aliphatic carboxylic acids is 1. The van der Waals surface area contributed by atoms with Crippen LogP contribution in [0, 0.1) is 0 Å². The zero-order chi connectivity index (χ0) is 11.3. The van der Waals surface area contributed by atoms with Gasteiger partial charge in [0.2, 0.25) is 0 Å². The van der Waals surface area contributed by atoms with Crippen molar-refractivity contribution in [2.45, 2.75) is 19.9 Å². The summed E-state index contributed by atoms with van der Waals surface area (Å²) < 4.78 is 0. The van der Waals surface area contributed by atoms with E-state index in [1.54, 1.807) is 27.9 Å². The molecule has 0 radical (unpaired) electrons. The average Bonchev–Trinajstić information content (AvgIpc) is 1.97. The summed E-state index contributed by atoms with van der Waals surface area (Å²) in [6.45, 7) is 3.23. The molecule has 0 aromatic rings. The summed E-state index contributed by atoms with van der Waals surface area (Å²) in [4.78, 5) is 23.1. The molecule has 0 aliphatic rings. The third kappa shape index (κ3) is 4.66. The van der Waals surface area contributed by atoms with E-state index >= 15 is 0 Å². The van der Waals surface area contributed by atoms with E-state index in [0.717, 1.165) is 0 Å². The van der Waals surface area contributed by atoms with Crippen molar-refractivity contribution in [3.05, 3.63) is 0 Å². The molecule has 0 unspecified atom stereocenters. The number of hydrazine groups is 1. The second-order valence-corrected chi connectivity index (χ2v) is 3.43. The van der Waals surface area contributed by atoms with Crippen molar-refractivity contribution < 1.29 is 14.7 Å². The number of amides is 2. The zero-order valence-electron chi connectivity index (χ0n) is 8.94. The number of carbonyl (C=O) groups is 2. The third-order valence-corrected chi connectivity index (χ3v) is 1.51. The normalized spacial score (nSPS) is 10.4. The minimum atomic E-state index is -1.02. The molecule has 14 heavy (non-hydrogen) atoms. The first-order valence-corrected chi connectivity index (χ1v) is 4.31. The highest BCUT2D eigenvalue weighted by atomic mass is 16.4. The van der Waals surface area contributed by atoms with Gasteiger partial charge in [-0.05, 0) is 13.8 Å². The maximum atomic E-state index is 11.4. The summed E-state index contributed by atoms with van der Waals surface area (Å²) in [5.41, 5.74) is 2.49. The summed E-state index contributed by atoms with van der Waals surface area (Å²) in [5, 5.41) is 10.1. The van der Waals surface area contributed by atoms with Crippen molar-refractivity contribution in [2.24, 2.45) is 0 Å². The van der Waals surface area contributed by atoms with E-state index < -0.39 is 12.0 Å². The summed E-state index contributed by atoms with van der Waals surface area (Å²) in [7, 11) is 3.33. The lowest BCUT2D eigenvalue weighted by molar-refractivity contribution is -0.138. The van der Waals surface area contributed by atoms with Crippen molar-refractivity contribution in [3.63, 3.8) is 0 Å². The van der Waals surface area contributed by atoms with Crippen molar-refractivity contribution in [1.29, 1.82) is 0 Å². The van der Waals surface area contributed by atoms with Crippen molar-refractivity contribution in [3.8, 4) is 0 Å². The summed E-state index contributed by atoms with van der Waals surface area (Å²) in [6.07, 6.45) is 0. The van der Waals surface area contributed by atoms with E-state index in [9.17, 15) is 9.59 Å². The number of carboxylic acid groups (broad SMARTS) is 1. The van der Waals surface area contributed by atoms with Crippen LogP contribution in [-0.4, -0.2) is 53.7 Å². The van der Waals surface area contributed by atoms with Gasteiger partial charge in [-0.2, -0.15) is 0 Å². The topological polar surface area (TPSA) is 72.9 Å². The molecule has 0 bridgehead atoms. The molecular formula is C8H17N3O3. The average molecular weight is 203 g/mol. The van der Waals surface area contributed by atoms with Gasteiger partial charge in [-0.25, -0.2) is 9.80 Å². The fourth-order valence-corrected chi connectivity index (χ4v) is 0.890. The number of carboxylic acids is 1. The van der Waals surface area contributed by atoms with Crippen LogP contribution in [0.25, 0.3) is 0 Å². The Labute approximate surface area is 83.5 Å². The monoisotopic (exact) mass is 203 g/mol. The number of hydrogen-bond acceptors (Lipinski definition) is 3. The molecule has 6 heteroatoms. The molecule has 0 aliphatic carbocycles. The molecule has 0 saturated carbocycles. The first-order valence-electron chi connectivity index (χ1n) is 4.31. The number of urea groups is 1. The molecular weight excluding hydrogens is 186 g/mol. The fourth-order valence-electron chi connectivity index (χ4n) is 0.890. The van der Waals surface area contributed by atoms with Crippen LogP contribution >= 0.6 is 0 Å². The molecule has 0 aromatic heterocycles. The van der Waals surface area contributed by atoms with Gasteiger partial charge >= 0.3 is 12.0 Å². The van der Waals surface area contributed by atoms with E-state index in [0.29, 0.717) is 0 Å². The highest BCUT2D eigenvalue weighted by Crippen LogP contribution is 1.98. The number of rotatable bonds is 4. The first-order chi connectivity index (χ1) is 6.34. The standard InChI is InChI=1S/C8H17N3O3/c1-6(2)11(5-7(12)13)8(14)9-10(3)4/h6H,5H2,1-4H3,(H,9,14)(H,12,13). The number of hydrogen-bond donors (Lipinski definition) is 2. The Bertz CT molecular complexity index is 216. The highest BCUT2D eigenvalue weighted by Gasteiger charge is 2.19. The van der Waals surface area contributed by atoms with Crippen LogP contribution in [0.4, 0.5) is 4.79 Å². The second kappa shape index (κ2) is 5.43. The van der Waals surface area contributed by atoms with Gasteiger partial charge < -0.3 is 10.0 Å². The van der Waals surface area contributed by atoms with E-state index in [2.05, 4.69) is 5.43 Å². The number of carbonyl (C=O) groups excluding carboxylic acids is 1. The molecule has 0 fully saturated rings. The first kappa shape index (κ1) is 12.7. The quantitative estimate of drug-likeness (QED) is 0.629. The Morgan fingerprint density at radius 2 is 1.86 bits per heavy atom. The van der Waals surface area contributed by atoms with Crippen LogP contribution in [0.1, 0.15) is 13.8 Å². The third-order valence-electron chi connectivity index (χ3n) is 1.51. The zero-order valence-corrected chi connectivity index (χ0v) is 8.94. The Morgan fingerprint density at radius 3 is 2.14 bits per heavy atom. The van der Waals surface area contributed by atoms with E-state index in [1.807, 2.05) is 0 Å². The molecule has 0 heterocycles. The van der Waals surface area contributed by atoms with Crippen LogP contribution in [0.15, 0.2) is 0 Å². The summed E-state index contributed by atoms with van der Waals surface area (Å²) >= 11 is 0. The van der Waals surface area contributed by atoms with E-state index in [-0.39, 0.29) is 12.6 Å². The molecule has 0 spiro atoms. The van der Waals surface area contributed by atoms with Gasteiger partial charge in [0.25, 0.3) is 0 Å². The van der Waals surface area contributed by atoms with Gasteiger partial charge in [0.15, 0.2) is 0 Å². The number of nitrogens with zero attached hydrogens (tertiary/aromatic N) is 2. The molecule has 0 aromatic carbocycles. The Morgan fingerprint density at radius 1 is 1.36 bits per heavy atom. The maximum absolute atomic E-state index is 11.4. The van der Waals surface area contributed by atoms with Crippen LogP contribution in [0.3, 0.4) is 0 Å². The second-order valence-electron chi connectivity index (χ2n) is 3.43. The molecule has 0 aliphatic heterocycles. The number of nitrogens with one attached hydrogen (secondary N) is 1. The Kier molecular flexibility index (Phi) is 4.93. The van der Waals surface area contributed by atoms with Gasteiger partial charge in [-0.1, -0.05) is 0 Å². The van der Waals surface area contributed by atoms with Crippen LogP contribution in [-0.2, 0) is 4.79 Å². The van der Waals surface area contributed by atoms with E-state index in [4.69, 9.17) is 5.11 Å². The highest BCUT2D eigenvalue weighted by molar-refractivity contribution is 5.79. The lowest BCUT2D eigenvalue weighted by atomic mass is 10.3. The minimum absolute atomic E-state index is 0.147. The molecule has 82 valence electrons. The lowest BCUT2D eigenvalue weighted by Crippen LogP contribution is -2.50. The van der Waals surface area contributed by atoms with Gasteiger partial charge in [-0.15, -0.1) is 0 Å². The lowest BCUT2D eigenvalue weighted by Gasteiger charge is -2.26. The largest absolute Gasteiger partial charge is 0.480 e. The van der Waals surface area contributed by atoms with Gasteiger partial charge in [-0.3, -0.25) is 10.2 Å². The van der Waals surface area contributed by atoms with Crippen LogP contribution in [0.5, 0.6) is 0 Å². The fraction of sp³-hybridized carbons (Fsp3) is 0.750. The predicted octanol–water partition coefficient (Wildman–Crippen LogP) is -0.0324. The van der Waals surface area contributed by atoms with Crippen molar-refractivity contribution in [2.75, 3.05) is 20.6 Å². The van der Waals surface area contributed by atoms with Gasteiger partial charge in [0, 0.05) is 20.1 Å². The minimum Gasteiger partial charge on any atom is -0.480 e. The van der Waals surface area contributed by atoms with Gasteiger partial charge in [0.05, 0.1) is 0 Å². The SMILES string of the molecule is CC(C)N(CC(=O)O)C(=O)NN(C)C. The predicted molar refractivity (Wildman–Crippen MR) is 51.7 cm³/mol. The van der Waals surface area contributed by atoms with Crippen molar-refractivity contribution >= 4 is 12.0 Å². The Hall–Kier alpha value is -1.30. The molecule has 0 rings (SSSR count).